The molecule has 5 nitrogen and oxygen atoms in total. The van der Waals surface area contributed by atoms with Gasteiger partial charge in [-0.3, -0.25) is 10.1 Å². The maximum Gasteiger partial charge on any atom is 0.269 e. The molecule has 0 aromatic heterocycles. The van der Waals surface area contributed by atoms with Crippen LogP contribution in [0.5, 0.6) is 0 Å². The van der Waals surface area contributed by atoms with Crippen LogP contribution in [0, 0.1) is 16.0 Å². The summed E-state index contributed by atoms with van der Waals surface area (Å²) in [6.07, 6.45) is 3.48. The Morgan fingerprint density at radius 1 is 1.30 bits per heavy atom. The molecule has 1 saturated heterocycles. The van der Waals surface area contributed by atoms with Crippen molar-refractivity contribution in [2.24, 2.45) is 5.92 Å². The highest BCUT2D eigenvalue weighted by molar-refractivity contribution is 5.32. The van der Waals surface area contributed by atoms with E-state index in [0.29, 0.717) is 0 Å². The first-order valence-corrected chi connectivity index (χ1v) is 7.28. The summed E-state index contributed by atoms with van der Waals surface area (Å²) in [5.41, 5.74) is 1.31. The first kappa shape index (κ1) is 14.9. The lowest BCUT2D eigenvalue weighted by molar-refractivity contribution is -0.384. The number of nitro groups is 1. The Hall–Kier alpha value is -1.46. The van der Waals surface area contributed by atoms with Gasteiger partial charge in [-0.2, -0.15) is 0 Å². The van der Waals surface area contributed by atoms with E-state index in [1.54, 1.807) is 12.1 Å². The smallest absolute Gasteiger partial charge is 0.269 e. The number of rotatable bonds is 6. The highest BCUT2D eigenvalue weighted by atomic mass is 16.6. The molecule has 1 N–H and O–H groups in total. The highest BCUT2D eigenvalue weighted by Crippen LogP contribution is 2.15. The molecule has 20 heavy (non-hydrogen) atoms. The van der Waals surface area contributed by atoms with Gasteiger partial charge in [0, 0.05) is 12.1 Å². The zero-order valence-corrected chi connectivity index (χ0v) is 12.0. The van der Waals surface area contributed by atoms with E-state index in [1.807, 2.05) is 12.1 Å². The van der Waals surface area contributed by atoms with Gasteiger partial charge in [0.25, 0.3) is 5.69 Å². The second-order valence-electron chi connectivity index (χ2n) is 5.62. The standard InChI is InChI=1S/C15H23N3O2/c1-17-10-7-14(8-11-17)12-16-9-6-13-2-4-15(5-3-13)18(19)20/h2-5,14,16H,6-12H2,1H3. The number of nitro benzene ring substituents is 1. The number of benzene rings is 1. The van der Waals surface area contributed by atoms with Crippen LogP contribution in [0.25, 0.3) is 0 Å². The average molecular weight is 277 g/mol. The van der Waals surface area contributed by atoms with Gasteiger partial charge in [-0.05, 0) is 64.0 Å². The molecule has 0 unspecified atom stereocenters. The van der Waals surface area contributed by atoms with Gasteiger partial charge in [-0.15, -0.1) is 0 Å². The largest absolute Gasteiger partial charge is 0.316 e. The Bertz CT molecular complexity index is 425. The molecule has 1 heterocycles. The average Bonchev–Trinajstić information content (AvgIpc) is 2.46. The van der Waals surface area contributed by atoms with E-state index in [-0.39, 0.29) is 10.6 Å². The Morgan fingerprint density at radius 3 is 2.55 bits per heavy atom. The molecule has 0 atom stereocenters. The zero-order valence-electron chi connectivity index (χ0n) is 12.0. The molecule has 1 aliphatic heterocycles. The van der Waals surface area contributed by atoms with Crippen LogP contribution in [-0.2, 0) is 6.42 Å². The second-order valence-corrected chi connectivity index (χ2v) is 5.62. The molecule has 1 aromatic carbocycles. The fourth-order valence-electron chi connectivity index (χ4n) is 2.59. The van der Waals surface area contributed by atoms with Crippen molar-refractivity contribution < 1.29 is 4.92 Å². The number of nitrogens with one attached hydrogen (secondary N) is 1. The number of hydrogen-bond donors (Lipinski definition) is 1. The van der Waals surface area contributed by atoms with Crippen molar-refractivity contribution in [3.05, 3.63) is 39.9 Å². The van der Waals surface area contributed by atoms with E-state index in [1.165, 1.54) is 25.9 Å². The number of nitrogens with zero attached hydrogens (tertiary/aromatic N) is 2. The van der Waals surface area contributed by atoms with Crippen LogP contribution in [0.1, 0.15) is 18.4 Å². The molecule has 0 aliphatic carbocycles. The molecule has 0 spiro atoms. The maximum atomic E-state index is 10.6. The van der Waals surface area contributed by atoms with E-state index < -0.39 is 0 Å². The maximum absolute atomic E-state index is 10.6. The third-order valence-corrected chi connectivity index (χ3v) is 4.01. The van der Waals surface area contributed by atoms with E-state index in [9.17, 15) is 10.1 Å². The summed E-state index contributed by atoms with van der Waals surface area (Å²) in [6.45, 7) is 4.42. The third kappa shape index (κ3) is 4.58. The van der Waals surface area contributed by atoms with Crippen molar-refractivity contribution in [2.75, 3.05) is 33.2 Å². The third-order valence-electron chi connectivity index (χ3n) is 4.01. The molecule has 5 heteroatoms. The molecule has 0 bridgehead atoms. The van der Waals surface area contributed by atoms with Crippen molar-refractivity contribution in [3.63, 3.8) is 0 Å². The van der Waals surface area contributed by atoms with Gasteiger partial charge >= 0.3 is 0 Å². The summed E-state index contributed by atoms with van der Waals surface area (Å²) < 4.78 is 0. The van der Waals surface area contributed by atoms with Crippen LogP contribution in [0.15, 0.2) is 24.3 Å². The lowest BCUT2D eigenvalue weighted by Gasteiger charge is -2.29. The van der Waals surface area contributed by atoms with Crippen LogP contribution in [0.2, 0.25) is 0 Å². The van der Waals surface area contributed by atoms with Gasteiger partial charge in [-0.25, -0.2) is 0 Å². The van der Waals surface area contributed by atoms with Gasteiger partial charge < -0.3 is 10.2 Å². The minimum absolute atomic E-state index is 0.160. The number of piperidine rings is 1. The molecule has 1 aromatic rings. The highest BCUT2D eigenvalue weighted by Gasteiger charge is 2.15. The molecular formula is C15H23N3O2. The Labute approximate surface area is 120 Å². The van der Waals surface area contributed by atoms with Crippen LogP contribution < -0.4 is 5.32 Å². The minimum Gasteiger partial charge on any atom is -0.316 e. The number of hydrogen-bond acceptors (Lipinski definition) is 4. The summed E-state index contributed by atoms with van der Waals surface area (Å²) in [5, 5.41) is 14.1. The molecular weight excluding hydrogens is 254 g/mol. The lowest BCUT2D eigenvalue weighted by atomic mass is 9.97. The fourth-order valence-corrected chi connectivity index (χ4v) is 2.59. The summed E-state index contributed by atoms with van der Waals surface area (Å²) in [6, 6.07) is 6.84. The van der Waals surface area contributed by atoms with Crippen LogP contribution in [0.3, 0.4) is 0 Å². The first-order valence-electron chi connectivity index (χ1n) is 7.28. The number of likely N-dealkylation sites (tertiary alicyclic amines) is 1. The van der Waals surface area contributed by atoms with Gasteiger partial charge in [0.05, 0.1) is 4.92 Å². The molecule has 0 radical (unpaired) electrons. The Balaban J connectivity index is 1.64. The molecule has 0 saturated carbocycles. The van der Waals surface area contributed by atoms with Crippen molar-refractivity contribution in [1.82, 2.24) is 10.2 Å². The molecule has 2 rings (SSSR count). The van der Waals surface area contributed by atoms with E-state index in [4.69, 9.17) is 0 Å². The van der Waals surface area contributed by atoms with Crippen LogP contribution in [-0.4, -0.2) is 43.0 Å². The van der Waals surface area contributed by atoms with E-state index in [0.717, 1.165) is 31.0 Å². The Morgan fingerprint density at radius 2 is 1.95 bits per heavy atom. The monoisotopic (exact) mass is 277 g/mol. The molecule has 0 amide bonds. The van der Waals surface area contributed by atoms with Crippen LogP contribution >= 0.6 is 0 Å². The van der Waals surface area contributed by atoms with Gasteiger partial charge in [-0.1, -0.05) is 12.1 Å². The quantitative estimate of drug-likeness (QED) is 0.491. The van der Waals surface area contributed by atoms with Crippen molar-refractivity contribution >= 4 is 5.69 Å². The molecule has 1 aliphatic rings. The van der Waals surface area contributed by atoms with Crippen molar-refractivity contribution in [2.45, 2.75) is 19.3 Å². The van der Waals surface area contributed by atoms with Gasteiger partial charge in [0.2, 0.25) is 0 Å². The fraction of sp³-hybridized carbons (Fsp3) is 0.600. The SMILES string of the molecule is CN1CCC(CNCCc2ccc([N+](=O)[O-])cc2)CC1. The molecule has 110 valence electrons. The van der Waals surface area contributed by atoms with Gasteiger partial charge in [0.15, 0.2) is 0 Å². The van der Waals surface area contributed by atoms with E-state index in [2.05, 4.69) is 17.3 Å². The zero-order chi connectivity index (χ0) is 14.4. The topological polar surface area (TPSA) is 58.4 Å². The minimum atomic E-state index is -0.359. The lowest BCUT2D eigenvalue weighted by Crippen LogP contribution is -2.35. The van der Waals surface area contributed by atoms with Gasteiger partial charge in [0.1, 0.15) is 0 Å². The Kier molecular flexibility index (Phi) is 5.49. The molecule has 1 fully saturated rings. The van der Waals surface area contributed by atoms with Crippen molar-refractivity contribution in [3.8, 4) is 0 Å². The first-order chi connectivity index (χ1) is 9.65. The summed E-state index contributed by atoms with van der Waals surface area (Å²) >= 11 is 0. The summed E-state index contributed by atoms with van der Waals surface area (Å²) in [5.74, 6) is 0.795. The second kappa shape index (κ2) is 7.36. The van der Waals surface area contributed by atoms with Crippen LogP contribution in [0.4, 0.5) is 5.69 Å². The van der Waals surface area contributed by atoms with Crippen molar-refractivity contribution in [1.29, 1.82) is 0 Å². The predicted octanol–water partition coefficient (Wildman–Crippen LogP) is 2.07. The number of non-ortho nitro benzene ring substituents is 1. The predicted molar refractivity (Wildman–Crippen MR) is 79.9 cm³/mol. The summed E-state index contributed by atoms with van der Waals surface area (Å²) in [7, 11) is 2.18. The summed E-state index contributed by atoms with van der Waals surface area (Å²) in [4.78, 5) is 12.6. The van der Waals surface area contributed by atoms with E-state index >= 15 is 0 Å². The normalized spacial score (nSPS) is 17.2.